The summed E-state index contributed by atoms with van der Waals surface area (Å²) >= 11 is 0. The first-order valence-corrected chi connectivity index (χ1v) is 7.73. The van der Waals surface area contributed by atoms with Crippen molar-refractivity contribution in [3.63, 3.8) is 0 Å². The Morgan fingerprint density at radius 1 is 1.38 bits per heavy atom. The van der Waals surface area contributed by atoms with E-state index in [0.29, 0.717) is 17.0 Å². The van der Waals surface area contributed by atoms with Gasteiger partial charge in [0.2, 0.25) is 10.0 Å². The van der Waals surface area contributed by atoms with E-state index >= 15 is 0 Å². The molecule has 0 radical (unpaired) electrons. The van der Waals surface area contributed by atoms with Crippen molar-refractivity contribution in [2.24, 2.45) is 5.73 Å². The molecule has 1 heterocycles. The Morgan fingerprint density at radius 2 is 2.14 bits per heavy atom. The molecule has 7 nitrogen and oxygen atoms in total. The Hall–Kier alpha value is -1.90. The van der Waals surface area contributed by atoms with E-state index in [2.05, 4.69) is 9.88 Å². The van der Waals surface area contributed by atoms with Crippen molar-refractivity contribution in [3.8, 4) is 5.75 Å². The van der Waals surface area contributed by atoms with Gasteiger partial charge in [-0.3, -0.25) is 0 Å². The van der Waals surface area contributed by atoms with Crippen molar-refractivity contribution in [1.82, 2.24) is 9.88 Å². The molecule has 2 rings (SSSR count). The van der Waals surface area contributed by atoms with Crippen LogP contribution in [0.3, 0.4) is 0 Å². The average Bonchev–Trinajstić information content (AvgIpc) is 2.90. The molecule has 0 bridgehead atoms. The third-order valence-corrected chi connectivity index (χ3v) is 4.30. The third kappa shape index (κ3) is 3.60. The molecule has 0 spiro atoms. The minimum atomic E-state index is -3.74. The number of nitrogens with one attached hydrogen (secondary N) is 1. The summed E-state index contributed by atoms with van der Waals surface area (Å²) in [6.07, 6.45) is 0. The van der Waals surface area contributed by atoms with Crippen LogP contribution >= 0.6 is 0 Å². The first kappa shape index (κ1) is 15.5. The highest BCUT2D eigenvalue weighted by Crippen LogP contribution is 2.24. The maximum Gasteiger partial charge on any atom is 0.244 e. The number of aryl methyl sites for hydroxylation is 1. The number of nitrogens with two attached hydrogens (primary N) is 1. The minimum Gasteiger partial charge on any atom is -0.495 e. The second kappa shape index (κ2) is 6.25. The summed E-state index contributed by atoms with van der Waals surface area (Å²) in [6.45, 7) is 2.02. The number of hydrogen-bond donors (Lipinski definition) is 2. The number of hydrogen-bond acceptors (Lipinski definition) is 6. The first-order chi connectivity index (χ1) is 9.96. The fourth-order valence-corrected chi connectivity index (χ4v) is 3.02. The highest BCUT2D eigenvalue weighted by atomic mass is 32.2. The van der Waals surface area contributed by atoms with Crippen LogP contribution in [0.4, 0.5) is 0 Å². The van der Waals surface area contributed by atoms with Gasteiger partial charge in [-0.15, -0.1) is 0 Å². The average molecular weight is 311 g/mol. The highest BCUT2D eigenvalue weighted by molar-refractivity contribution is 7.89. The molecule has 0 unspecified atom stereocenters. The lowest BCUT2D eigenvalue weighted by Gasteiger charge is -2.11. The lowest BCUT2D eigenvalue weighted by atomic mass is 10.2. The van der Waals surface area contributed by atoms with Gasteiger partial charge in [-0.2, -0.15) is 0 Å². The summed E-state index contributed by atoms with van der Waals surface area (Å²) in [4.78, 5) is 0.0492. The SMILES string of the molecule is COc1ccc(CN)cc1S(=O)(=O)NCc1cc(C)on1. The molecule has 0 aliphatic heterocycles. The predicted molar refractivity (Wildman–Crippen MR) is 76.2 cm³/mol. The summed E-state index contributed by atoms with van der Waals surface area (Å²) < 4.78 is 37.2. The fourth-order valence-electron chi connectivity index (χ4n) is 1.81. The third-order valence-electron chi connectivity index (χ3n) is 2.87. The minimum absolute atomic E-state index is 0.0374. The van der Waals surface area contributed by atoms with Gasteiger partial charge in [0.05, 0.1) is 19.3 Å². The molecule has 0 aliphatic rings. The van der Waals surface area contributed by atoms with Crippen LogP contribution < -0.4 is 15.2 Å². The molecule has 0 aliphatic carbocycles. The Bertz CT molecular complexity index is 725. The number of nitrogens with zero attached hydrogens (tertiary/aromatic N) is 1. The van der Waals surface area contributed by atoms with Gasteiger partial charge in [0, 0.05) is 12.6 Å². The van der Waals surface area contributed by atoms with E-state index < -0.39 is 10.0 Å². The van der Waals surface area contributed by atoms with Crippen LogP contribution in [0.25, 0.3) is 0 Å². The molecular formula is C13H17N3O4S. The van der Waals surface area contributed by atoms with E-state index in [-0.39, 0.29) is 23.7 Å². The first-order valence-electron chi connectivity index (χ1n) is 6.25. The molecule has 0 saturated carbocycles. The lowest BCUT2D eigenvalue weighted by molar-refractivity contribution is 0.389. The van der Waals surface area contributed by atoms with Gasteiger partial charge in [-0.05, 0) is 24.6 Å². The predicted octanol–water partition coefficient (Wildman–Crippen LogP) is 0.929. The van der Waals surface area contributed by atoms with Gasteiger partial charge in [0.15, 0.2) is 0 Å². The molecule has 21 heavy (non-hydrogen) atoms. The normalized spacial score (nSPS) is 11.6. The second-order valence-corrected chi connectivity index (χ2v) is 6.18. The summed E-state index contributed by atoms with van der Waals surface area (Å²) in [6, 6.07) is 6.46. The van der Waals surface area contributed by atoms with Gasteiger partial charge >= 0.3 is 0 Å². The summed E-state index contributed by atoms with van der Waals surface area (Å²) in [7, 11) is -2.32. The van der Waals surface area contributed by atoms with Crippen molar-refractivity contribution < 1.29 is 17.7 Å². The quantitative estimate of drug-likeness (QED) is 0.821. The fraction of sp³-hybridized carbons (Fsp3) is 0.308. The number of methoxy groups -OCH3 is 1. The van der Waals surface area contributed by atoms with Crippen molar-refractivity contribution in [2.45, 2.75) is 24.9 Å². The van der Waals surface area contributed by atoms with Crippen LogP contribution in [0.1, 0.15) is 17.0 Å². The van der Waals surface area contributed by atoms with Crippen molar-refractivity contribution >= 4 is 10.0 Å². The van der Waals surface area contributed by atoms with E-state index in [1.165, 1.54) is 13.2 Å². The molecule has 1 aromatic heterocycles. The molecule has 1 aromatic carbocycles. The number of aromatic nitrogens is 1. The zero-order chi connectivity index (χ0) is 15.5. The van der Waals surface area contributed by atoms with Crippen LogP contribution in [0.2, 0.25) is 0 Å². The maximum atomic E-state index is 12.4. The van der Waals surface area contributed by atoms with E-state index in [1.807, 2.05) is 0 Å². The summed E-state index contributed by atoms with van der Waals surface area (Å²) in [5, 5.41) is 3.74. The van der Waals surface area contributed by atoms with E-state index in [0.717, 1.165) is 0 Å². The smallest absolute Gasteiger partial charge is 0.244 e. The Kier molecular flexibility index (Phi) is 4.61. The molecule has 0 saturated heterocycles. The zero-order valence-electron chi connectivity index (χ0n) is 11.8. The Morgan fingerprint density at radius 3 is 2.71 bits per heavy atom. The van der Waals surface area contributed by atoms with E-state index in [1.54, 1.807) is 25.1 Å². The highest BCUT2D eigenvalue weighted by Gasteiger charge is 2.20. The Balaban J connectivity index is 2.26. The van der Waals surface area contributed by atoms with Crippen LogP contribution in [0.15, 0.2) is 33.7 Å². The van der Waals surface area contributed by atoms with Gasteiger partial charge in [-0.1, -0.05) is 11.2 Å². The maximum absolute atomic E-state index is 12.4. The van der Waals surface area contributed by atoms with Crippen molar-refractivity contribution in [1.29, 1.82) is 0 Å². The second-order valence-electron chi connectivity index (χ2n) is 4.44. The van der Waals surface area contributed by atoms with E-state index in [9.17, 15) is 8.42 Å². The number of rotatable bonds is 6. The van der Waals surface area contributed by atoms with Crippen LogP contribution in [-0.2, 0) is 23.1 Å². The van der Waals surface area contributed by atoms with Crippen molar-refractivity contribution in [3.05, 3.63) is 41.3 Å². The summed E-state index contributed by atoms with van der Waals surface area (Å²) in [5.74, 6) is 0.878. The molecule has 2 aromatic rings. The van der Waals surface area contributed by atoms with Gasteiger partial charge < -0.3 is 15.0 Å². The molecule has 8 heteroatoms. The number of benzene rings is 1. The molecule has 3 N–H and O–H groups in total. The zero-order valence-corrected chi connectivity index (χ0v) is 12.6. The van der Waals surface area contributed by atoms with E-state index in [4.69, 9.17) is 15.0 Å². The lowest BCUT2D eigenvalue weighted by Crippen LogP contribution is -2.24. The standard InChI is InChI=1S/C13H17N3O4S/c1-9-5-11(16-20-9)8-15-21(17,18)13-6-10(7-14)3-4-12(13)19-2/h3-6,15H,7-8,14H2,1-2H3. The van der Waals surface area contributed by atoms with Crippen LogP contribution in [0, 0.1) is 6.92 Å². The molecular weight excluding hydrogens is 294 g/mol. The van der Waals surface area contributed by atoms with Gasteiger partial charge in [0.25, 0.3) is 0 Å². The van der Waals surface area contributed by atoms with Crippen LogP contribution in [0.5, 0.6) is 5.75 Å². The Labute approximate surface area is 123 Å². The van der Waals surface area contributed by atoms with Gasteiger partial charge in [0.1, 0.15) is 16.4 Å². The molecule has 0 amide bonds. The molecule has 114 valence electrons. The van der Waals surface area contributed by atoms with Crippen molar-refractivity contribution in [2.75, 3.05) is 7.11 Å². The number of sulfonamides is 1. The molecule has 0 atom stereocenters. The topological polar surface area (TPSA) is 107 Å². The molecule has 0 fully saturated rings. The summed E-state index contributed by atoms with van der Waals surface area (Å²) in [5.41, 5.74) is 6.75. The van der Waals surface area contributed by atoms with Crippen LogP contribution in [-0.4, -0.2) is 20.7 Å². The largest absolute Gasteiger partial charge is 0.495 e. The monoisotopic (exact) mass is 311 g/mol. The number of ether oxygens (including phenoxy) is 1. The van der Waals surface area contributed by atoms with Gasteiger partial charge in [-0.25, -0.2) is 13.1 Å².